The van der Waals surface area contributed by atoms with Gasteiger partial charge in [-0.1, -0.05) is 43.7 Å². The third-order valence-electron chi connectivity index (χ3n) is 4.00. The van der Waals surface area contributed by atoms with E-state index in [1.807, 2.05) is 0 Å². The monoisotopic (exact) mass is 217 g/mol. The Labute approximate surface area is 99.0 Å². The summed E-state index contributed by atoms with van der Waals surface area (Å²) >= 11 is 0. The van der Waals surface area contributed by atoms with Gasteiger partial charge in [0.25, 0.3) is 0 Å². The summed E-state index contributed by atoms with van der Waals surface area (Å²) < 4.78 is 0. The van der Waals surface area contributed by atoms with E-state index in [9.17, 15) is 0 Å². The van der Waals surface area contributed by atoms with Gasteiger partial charge in [-0.2, -0.15) is 0 Å². The van der Waals surface area contributed by atoms with E-state index in [1.54, 1.807) is 0 Å². The van der Waals surface area contributed by atoms with E-state index in [2.05, 4.69) is 37.3 Å². The number of hydrogen-bond donors (Lipinski definition) is 1. The lowest BCUT2D eigenvalue weighted by Crippen LogP contribution is -2.42. The maximum atomic E-state index is 6.41. The molecule has 0 amide bonds. The highest BCUT2D eigenvalue weighted by Gasteiger charge is 2.31. The molecule has 1 aliphatic carbocycles. The summed E-state index contributed by atoms with van der Waals surface area (Å²) in [6.07, 6.45) is 7.32. The quantitative estimate of drug-likeness (QED) is 0.818. The van der Waals surface area contributed by atoms with Crippen molar-refractivity contribution < 1.29 is 0 Å². The summed E-state index contributed by atoms with van der Waals surface area (Å²) in [6, 6.07) is 10.9. The molecule has 1 fully saturated rings. The van der Waals surface area contributed by atoms with Crippen molar-refractivity contribution in [3.8, 4) is 0 Å². The third-order valence-corrected chi connectivity index (χ3v) is 4.00. The van der Waals surface area contributed by atoms with Gasteiger partial charge in [-0.3, -0.25) is 0 Å². The molecule has 2 N–H and O–H groups in total. The molecule has 1 nitrogen and oxygen atoms in total. The average molecular weight is 217 g/mol. The normalized spacial score (nSPS) is 30.2. The Bertz CT molecular complexity index is 309. The van der Waals surface area contributed by atoms with Gasteiger partial charge in [0, 0.05) is 5.54 Å². The fourth-order valence-electron chi connectivity index (χ4n) is 3.00. The molecular formula is C15H23N. The fraction of sp³-hybridized carbons (Fsp3) is 0.600. The standard InChI is InChI=1S/C15H23N/c1-2-10-15(16)11-8-14(9-12-15)13-6-4-3-5-7-13/h3-7,14H,2,8-12,16H2,1H3. The van der Waals surface area contributed by atoms with Crippen LogP contribution in [0.5, 0.6) is 0 Å². The first kappa shape index (κ1) is 11.7. The lowest BCUT2D eigenvalue weighted by atomic mass is 9.73. The minimum absolute atomic E-state index is 0.139. The van der Waals surface area contributed by atoms with Crippen LogP contribution in [0.25, 0.3) is 0 Å². The number of rotatable bonds is 3. The molecule has 0 saturated heterocycles. The molecule has 1 saturated carbocycles. The molecule has 0 aromatic heterocycles. The van der Waals surface area contributed by atoms with Gasteiger partial charge in [0.05, 0.1) is 0 Å². The van der Waals surface area contributed by atoms with Gasteiger partial charge in [-0.25, -0.2) is 0 Å². The molecule has 0 unspecified atom stereocenters. The number of hydrogen-bond acceptors (Lipinski definition) is 1. The highest BCUT2D eigenvalue weighted by Crippen LogP contribution is 2.38. The van der Waals surface area contributed by atoms with Crippen molar-refractivity contribution in [1.82, 2.24) is 0 Å². The van der Waals surface area contributed by atoms with Crippen LogP contribution < -0.4 is 5.73 Å². The zero-order valence-corrected chi connectivity index (χ0v) is 10.3. The van der Waals surface area contributed by atoms with Gasteiger partial charge in [0.1, 0.15) is 0 Å². The molecule has 2 rings (SSSR count). The van der Waals surface area contributed by atoms with Crippen molar-refractivity contribution in [2.45, 2.75) is 56.9 Å². The molecule has 0 bridgehead atoms. The SMILES string of the molecule is CCCC1(N)CCC(c2ccccc2)CC1. The highest BCUT2D eigenvalue weighted by atomic mass is 14.7. The zero-order valence-electron chi connectivity index (χ0n) is 10.3. The van der Waals surface area contributed by atoms with Gasteiger partial charge in [-0.05, 0) is 43.6 Å². The summed E-state index contributed by atoms with van der Waals surface area (Å²) in [6.45, 7) is 2.23. The highest BCUT2D eigenvalue weighted by molar-refractivity contribution is 5.20. The van der Waals surface area contributed by atoms with Gasteiger partial charge >= 0.3 is 0 Å². The first-order valence-corrected chi connectivity index (χ1v) is 6.57. The molecule has 88 valence electrons. The van der Waals surface area contributed by atoms with Crippen LogP contribution in [0.1, 0.15) is 56.9 Å². The summed E-state index contributed by atoms with van der Waals surface area (Å²) in [5.74, 6) is 0.745. The topological polar surface area (TPSA) is 26.0 Å². The van der Waals surface area contributed by atoms with Crippen LogP contribution in [0.15, 0.2) is 30.3 Å². The van der Waals surface area contributed by atoms with Crippen molar-refractivity contribution in [3.05, 3.63) is 35.9 Å². The lowest BCUT2D eigenvalue weighted by molar-refractivity contribution is 0.255. The van der Waals surface area contributed by atoms with Gasteiger partial charge in [0.15, 0.2) is 0 Å². The van der Waals surface area contributed by atoms with E-state index in [-0.39, 0.29) is 5.54 Å². The van der Waals surface area contributed by atoms with Crippen LogP contribution in [0.2, 0.25) is 0 Å². The minimum atomic E-state index is 0.139. The predicted molar refractivity (Wildman–Crippen MR) is 69.5 cm³/mol. The predicted octanol–water partition coefficient (Wildman–Crippen LogP) is 3.84. The third kappa shape index (κ3) is 2.65. The van der Waals surface area contributed by atoms with Gasteiger partial charge in [0.2, 0.25) is 0 Å². The maximum Gasteiger partial charge on any atom is 0.0154 e. The zero-order chi connectivity index (χ0) is 11.4. The van der Waals surface area contributed by atoms with Crippen LogP contribution in [0.3, 0.4) is 0 Å². The van der Waals surface area contributed by atoms with Crippen molar-refractivity contribution in [1.29, 1.82) is 0 Å². The van der Waals surface area contributed by atoms with E-state index < -0.39 is 0 Å². The second-order valence-corrected chi connectivity index (χ2v) is 5.30. The smallest absolute Gasteiger partial charge is 0.0154 e. The first-order valence-electron chi connectivity index (χ1n) is 6.57. The Morgan fingerprint density at radius 2 is 1.81 bits per heavy atom. The Morgan fingerprint density at radius 3 is 2.38 bits per heavy atom. The molecule has 0 aliphatic heterocycles. The minimum Gasteiger partial charge on any atom is -0.325 e. The fourth-order valence-corrected chi connectivity index (χ4v) is 3.00. The van der Waals surface area contributed by atoms with Crippen molar-refractivity contribution in [3.63, 3.8) is 0 Å². The van der Waals surface area contributed by atoms with E-state index in [0.29, 0.717) is 0 Å². The number of benzene rings is 1. The van der Waals surface area contributed by atoms with E-state index in [1.165, 1.54) is 44.1 Å². The van der Waals surface area contributed by atoms with E-state index in [4.69, 9.17) is 5.73 Å². The average Bonchev–Trinajstić information content (AvgIpc) is 2.31. The summed E-state index contributed by atoms with van der Waals surface area (Å²) in [5.41, 5.74) is 8.05. The number of nitrogens with two attached hydrogens (primary N) is 1. The molecule has 1 heteroatoms. The molecule has 0 radical (unpaired) electrons. The molecule has 16 heavy (non-hydrogen) atoms. The maximum absolute atomic E-state index is 6.41. The van der Waals surface area contributed by atoms with E-state index >= 15 is 0 Å². The van der Waals surface area contributed by atoms with Crippen molar-refractivity contribution in [2.75, 3.05) is 0 Å². The molecular weight excluding hydrogens is 194 g/mol. The Kier molecular flexibility index (Phi) is 3.65. The van der Waals surface area contributed by atoms with Crippen molar-refractivity contribution >= 4 is 0 Å². The Morgan fingerprint density at radius 1 is 1.19 bits per heavy atom. The molecule has 1 aliphatic rings. The van der Waals surface area contributed by atoms with Crippen LogP contribution in [0, 0.1) is 0 Å². The largest absolute Gasteiger partial charge is 0.325 e. The molecule has 0 heterocycles. The van der Waals surface area contributed by atoms with Crippen LogP contribution >= 0.6 is 0 Å². The van der Waals surface area contributed by atoms with Crippen LogP contribution in [0.4, 0.5) is 0 Å². The van der Waals surface area contributed by atoms with Crippen LogP contribution in [-0.2, 0) is 0 Å². The summed E-state index contributed by atoms with van der Waals surface area (Å²) in [5, 5.41) is 0. The molecule has 1 aromatic carbocycles. The van der Waals surface area contributed by atoms with Gasteiger partial charge < -0.3 is 5.73 Å². The first-order chi connectivity index (χ1) is 7.73. The summed E-state index contributed by atoms with van der Waals surface area (Å²) in [4.78, 5) is 0. The second-order valence-electron chi connectivity index (χ2n) is 5.30. The molecule has 0 atom stereocenters. The second kappa shape index (κ2) is 5.01. The molecule has 0 spiro atoms. The van der Waals surface area contributed by atoms with E-state index in [0.717, 1.165) is 5.92 Å². The summed E-state index contributed by atoms with van der Waals surface area (Å²) in [7, 11) is 0. The lowest BCUT2D eigenvalue weighted by Gasteiger charge is -2.37. The Hall–Kier alpha value is -0.820. The van der Waals surface area contributed by atoms with Crippen molar-refractivity contribution in [2.24, 2.45) is 5.73 Å². The molecule has 1 aromatic rings. The van der Waals surface area contributed by atoms with Gasteiger partial charge in [-0.15, -0.1) is 0 Å². The Balaban J connectivity index is 1.95. The van der Waals surface area contributed by atoms with Crippen LogP contribution in [-0.4, -0.2) is 5.54 Å².